The van der Waals surface area contributed by atoms with Crippen LogP contribution in [0.15, 0.2) is 82.8 Å². The maximum absolute atomic E-state index is 13.5. The van der Waals surface area contributed by atoms with Crippen LogP contribution in [0.4, 0.5) is 5.82 Å². The summed E-state index contributed by atoms with van der Waals surface area (Å²) in [5, 5.41) is 5.63. The molecule has 0 saturated heterocycles. The highest BCUT2D eigenvalue weighted by Crippen LogP contribution is 2.26. The highest BCUT2D eigenvalue weighted by molar-refractivity contribution is 6.35. The molecule has 0 saturated carbocycles. The predicted molar refractivity (Wildman–Crippen MR) is 133 cm³/mol. The summed E-state index contributed by atoms with van der Waals surface area (Å²) in [6.07, 6.45) is 4.71. The molecule has 5 aromatic rings. The zero-order chi connectivity index (χ0) is 23.8. The molecule has 3 heterocycles. The number of amides is 1. The molecule has 5 rings (SSSR count). The van der Waals surface area contributed by atoms with Crippen molar-refractivity contribution >= 4 is 46.0 Å². The summed E-state index contributed by atoms with van der Waals surface area (Å²) in [6, 6.07) is 18.2. The summed E-state index contributed by atoms with van der Waals surface area (Å²) in [7, 11) is 0. The second-order valence-electron chi connectivity index (χ2n) is 7.77. The van der Waals surface area contributed by atoms with Gasteiger partial charge in [-0.3, -0.25) is 14.2 Å². The monoisotopic (exact) mass is 470 g/mol. The molecule has 1 atom stereocenters. The van der Waals surface area contributed by atoms with E-state index in [4.69, 9.17) is 17.3 Å². The Morgan fingerprint density at radius 3 is 2.74 bits per heavy atom. The molecule has 9 heteroatoms. The Hall–Kier alpha value is -4.30. The minimum absolute atomic E-state index is 0.0510. The number of benzene rings is 2. The van der Waals surface area contributed by atoms with Crippen LogP contribution in [0, 0.1) is 0 Å². The number of nitrogens with zero attached hydrogens (tertiary/aromatic N) is 5. The number of nitrogens with two attached hydrogens (primary N) is 1. The first-order valence-corrected chi connectivity index (χ1v) is 10.9. The molecule has 0 aliphatic rings. The van der Waals surface area contributed by atoms with Gasteiger partial charge >= 0.3 is 0 Å². The normalized spacial score (nSPS) is 12.5. The van der Waals surface area contributed by atoms with Crippen molar-refractivity contribution in [1.29, 1.82) is 0 Å². The lowest BCUT2D eigenvalue weighted by Crippen LogP contribution is -2.24. The van der Waals surface area contributed by atoms with Crippen LogP contribution in [0.1, 0.15) is 28.9 Å². The minimum Gasteiger partial charge on any atom is -0.381 e. The smallest absolute Gasteiger partial charge is 0.284 e. The Morgan fingerprint density at radius 2 is 1.94 bits per heavy atom. The molecule has 0 aliphatic heterocycles. The fourth-order valence-corrected chi connectivity index (χ4v) is 4.21. The van der Waals surface area contributed by atoms with Gasteiger partial charge in [0.1, 0.15) is 5.56 Å². The van der Waals surface area contributed by atoms with Gasteiger partial charge in [-0.25, -0.2) is 14.5 Å². The van der Waals surface area contributed by atoms with Gasteiger partial charge in [0.05, 0.1) is 10.4 Å². The first kappa shape index (κ1) is 21.5. The van der Waals surface area contributed by atoms with Crippen molar-refractivity contribution in [3.8, 4) is 5.69 Å². The van der Waals surface area contributed by atoms with Crippen LogP contribution in [0.2, 0.25) is 5.02 Å². The third-order valence-electron chi connectivity index (χ3n) is 5.56. The molecule has 0 fully saturated rings. The average molecular weight is 471 g/mol. The lowest BCUT2D eigenvalue weighted by molar-refractivity contribution is 0.100. The average Bonchev–Trinajstić information content (AvgIpc) is 3.18. The summed E-state index contributed by atoms with van der Waals surface area (Å²) in [6.45, 7) is 1.86. The number of para-hydroxylation sites is 1. The number of fused-ring (bicyclic) bond motifs is 2. The van der Waals surface area contributed by atoms with E-state index in [9.17, 15) is 9.59 Å². The number of hydrogen-bond donors (Lipinski definition) is 1. The van der Waals surface area contributed by atoms with Crippen molar-refractivity contribution in [2.75, 3.05) is 5.73 Å². The summed E-state index contributed by atoms with van der Waals surface area (Å²) in [5.41, 5.74) is 7.51. The van der Waals surface area contributed by atoms with Gasteiger partial charge in [-0.2, -0.15) is 0 Å². The molecule has 2 N–H and O–H groups in total. The maximum atomic E-state index is 13.5. The number of nitrogen functional groups attached to an aromatic ring is 1. The Balaban J connectivity index is 1.61. The van der Waals surface area contributed by atoms with Gasteiger partial charge in [-0.15, -0.1) is 5.10 Å². The number of carbonyl (C=O) groups excluding carboxylic acids is 1. The van der Waals surface area contributed by atoms with Gasteiger partial charge in [0, 0.05) is 35.9 Å². The molecule has 168 valence electrons. The minimum atomic E-state index is -0.560. The van der Waals surface area contributed by atoms with Crippen molar-refractivity contribution in [3.63, 3.8) is 0 Å². The number of pyridine rings is 1. The standard InChI is InChI=1S/C25H19ClN6O2/c1-15(14-29-24(33)21-22(27)30-31-12-6-11-28-23(21)31)19-13-16-7-5-10-18(26)20(16)25(34)32(19)17-8-3-2-4-9-17/h2-15H,1H3,(H2,27,30). The van der Waals surface area contributed by atoms with E-state index in [0.29, 0.717) is 32.8 Å². The van der Waals surface area contributed by atoms with E-state index in [1.165, 1.54) is 10.7 Å². The van der Waals surface area contributed by atoms with Gasteiger partial charge < -0.3 is 5.73 Å². The number of rotatable bonds is 4. The Bertz CT molecular complexity index is 1640. The molecule has 1 unspecified atom stereocenters. The molecule has 0 spiro atoms. The summed E-state index contributed by atoms with van der Waals surface area (Å²) < 4.78 is 3.03. The quantitative estimate of drug-likeness (QED) is 0.394. The highest BCUT2D eigenvalue weighted by Gasteiger charge is 2.20. The highest BCUT2D eigenvalue weighted by atomic mass is 35.5. The van der Waals surface area contributed by atoms with Gasteiger partial charge in [-0.05, 0) is 35.7 Å². The predicted octanol–water partition coefficient (Wildman–Crippen LogP) is 4.28. The summed E-state index contributed by atoms with van der Waals surface area (Å²) in [4.78, 5) is 34.7. The maximum Gasteiger partial charge on any atom is 0.284 e. The Labute approximate surface area is 199 Å². The molecule has 0 radical (unpaired) electrons. The van der Waals surface area contributed by atoms with E-state index in [0.717, 1.165) is 0 Å². The van der Waals surface area contributed by atoms with Crippen LogP contribution in [0.25, 0.3) is 22.1 Å². The zero-order valence-electron chi connectivity index (χ0n) is 18.1. The van der Waals surface area contributed by atoms with E-state index in [-0.39, 0.29) is 16.9 Å². The first-order chi connectivity index (χ1) is 16.5. The van der Waals surface area contributed by atoms with Crippen LogP contribution in [-0.4, -0.2) is 31.3 Å². The van der Waals surface area contributed by atoms with Crippen molar-refractivity contribution in [2.24, 2.45) is 4.99 Å². The van der Waals surface area contributed by atoms with Crippen molar-refractivity contribution in [1.82, 2.24) is 19.2 Å². The van der Waals surface area contributed by atoms with E-state index >= 15 is 0 Å². The van der Waals surface area contributed by atoms with Crippen molar-refractivity contribution in [2.45, 2.75) is 12.8 Å². The molecular weight excluding hydrogens is 452 g/mol. The lowest BCUT2D eigenvalue weighted by Gasteiger charge is -2.18. The van der Waals surface area contributed by atoms with Crippen LogP contribution in [0.5, 0.6) is 0 Å². The summed E-state index contributed by atoms with van der Waals surface area (Å²) >= 11 is 6.37. The van der Waals surface area contributed by atoms with Crippen LogP contribution >= 0.6 is 11.6 Å². The van der Waals surface area contributed by atoms with Crippen LogP contribution < -0.4 is 11.3 Å². The molecule has 1 amide bonds. The van der Waals surface area contributed by atoms with Gasteiger partial charge in [-0.1, -0.05) is 48.9 Å². The van der Waals surface area contributed by atoms with E-state index in [1.807, 2.05) is 49.4 Å². The second kappa shape index (κ2) is 8.57. The molecule has 0 aliphatic carbocycles. The fourth-order valence-electron chi connectivity index (χ4n) is 3.95. The number of hydrogen-bond acceptors (Lipinski definition) is 5. The van der Waals surface area contributed by atoms with Crippen molar-refractivity contribution in [3.05, 3.63) is 99.7 Å². The second-order valence-corrected chi connectivity index (χ2v) is 8.18. The van der Waals surface area contributed by atoms with Gasteiger partial charge in [0.15, 0.2) is 11.5 Å². The number of aromatic nitrogens is 4. The molecule has 34 heavy (non-hydrogen) atoms. The Morgan fingerprint density at radius 1 is 1.15 bits per heavy atom. The van der Waals surface area contributed by atoms with Gasteiger partial charge in [0.2, 0.25) is 0 Å². The van der Waals surface area contributed by atoms with Crippen LogP contribution in [-0.2, 0) is 0 Å². The lowest BCUT2D eigenvalue weighted by atomic mass is 10.0. The number of halogens is 1. The number of aliphatic imine (C=N–C) groups is 1. The molecule has 3 aromatic heterocycles. The first-order valence-electron chi connectivity index (χ1n) is 10.5. The molecular formula is C25H19ClN6O2. The third kappa shape index (κ3) is 3.64. The van der Waals surface area contributed by atoms with Crippen LogP contribution in [0.3, 0.4) is 0 Å². The van der Waals surface area contributed by atoms with Crippen molar-refractivity contribution < 1.29 is 4.79 Å². The molecule has 2 aromatic carbocycles. The number of anilines is 1. The number of carbonyl (C=O) groups is 1. The zero-order valence-corrected chi connectivity index (χ0v) is 18.8. The fraction of sp³-hybridized carbons (Fsp3) is 0.0800. The van der Waals surface area contributed by atoms with E-state index in [1.54, 1.807) is 35.2 Å². The third-order valence-corrected chi connectivity index (χ3v) is 5.87. The molecule has 8 nitrogen and oxygen atoms in total. The SMILES string of the molecule is CC(C=NC(=O)c1c(N)nn2cccnc12)c1cc2cccc(Cl)c2c(=O)n1-c1ccccc1. The largest absolute Gasteiger partial charge is 0.381 e. The topological polar surface area (TPSA) is 108 Å². The van der Waals surface area contributed by atoms with Gasteiger partial charge in [0.25, 0.3) is 11.5 Å². The van der Waals surface area contributed by atoms with E-state index in [2.05, 4.69) is 15.1 Å². The summed E-state index contributed by atoms with van der Waals surface area (Å²) in [5.74, 6) is -0.901. The van der Waals surface area contributed by atoms with E-state index < -0.39 is 11.8 Å². The Kier molecular flexibility index (Phi) is 5.43. The molecule has 0 bridgehead atoms.